The van der Waals surface area contributed by atoms with Crippen molar-refractivity contribution in [1.29, 1.82) is 0 Å². The van der Waals surface area contributed by atoms with Gasteiger partial charge in [-0.15, -0.1) is 0 Å². The van der Waals surface area contributed by atoms with Gasteiger partial charge < -0.3 is 9.08 Å². The minimum Gasteiger partial charge on any atom is -0.339 e. The van der Waals surface area contributed by atoms with Gasteiger partial charge in [-0.2, -0.15) is 5.10 Å². The summed E-state index contributed by atoms with van der Waals surface area (Å²) in [5.74, 6) is 0.0410. The summed E-state index contributed by atoms with van der Waals surface area (Å²) < 4.78 is 5.52. The third kappa shape index (κ3) is 3.99. The Morgan fingerprint density at radius 3 is 3.00 bits per heavy atom. The van der Waals surface area contributed by atoms with E-state index in [-0.39, 0.29) is 5.91 Å². The third-order valence-corrected chi connectivity index (χ3v) is 4.12. The van der Waals surface area contributed by atoms with Crippen LogP contribution in [0.3, 0.4) is 0 Å². The maximum Gasteiger partial charge on any atom is 0.253 e. The van der Waals surface area contributed by atoms with Crippen molar-refractivity contribution >= 4 is 45.6 Å². The number of nitrogens with one attached hydrogen (secondary N) is 1. The number of nitrogens with zero attached hydrogens (tertiary/aromatic N) is 2. The fraction of sp³-hybridized carbons (Fsp3) is 0.429. The molecule has 0 aliphatic heterocycles. The van der Waals surface area contributed by atoms with Crippen LogP contribution in [0, 0.1) is 0 Å². The summed E-state index contributed by atoms with van der Waals surface area (Å²) >= 11 is 7.11. The fourth-order valence-electron chi connectivity index (χ4n) is 2.17. The van der Waals surface area contributed by atoms with Crippen LogP contribution in [0.2, 0.25) is 0 Å². The summed E-state index contributed by atoms with van der Waals surface area (Å²) in [6.07, 6.45) is 1.79. The van der Waals surface area contributed by atoms with Gasteiger partial charge in [0.15, 0.2) is 0 Å². The Hall–Kier alpha value is -1.05. The van der Waals surface area contributed by atoms with Crippen LogP contribution in [0.4, 0.5) is 0 Å². The van der Waals surface area contributed by atoms with Gasteiger partial charge in [0.05, 0.1) is 12.1 Å². The molecule has 0 unspecified atom stereocenters. The number of aromatic nitrogens is 2. The molecule has 2 aromatic rings. The van der Waals surface area contributed by atoms with Gasteiger partial charge in [-0.25, -0.2) is 0 Å². The van der Waals surface area contributed by atoms with Crippen molar-refractivity contribution in [3.05, 3.63) is 28.4 Å². The minimum atomic E-state index is 0.0410. The number of carbonyl (C=O) groups excluding carboxylic acids is 1. The number of carbonyl (C=O) groups is 1. The zero-order valence-corrected chi connectivity index (χ0v) is 14.3. The van der Waals surface area contributed by atoms with E-state index < -0.39 is 0 Å². The molecule has 1 amide bonds. The molecular formula is C14H18BrN3O2S. The Labute approximate surface area is 137 Å². The third-order valence-electron chi connectivity index (χ3n) is 3.34. The van der Waals surface area contributed by atoms with Crippen LogP contribution in [0.25, 0.3) is 10.9 Å². The van der Waals surface area contributed by atoms with Crippen LogP contribution in [0.15, 0.2) is 22.8 Å². The minimum absolute atomic E-state index is 0.0410. The number of unbranched alkanes of at least 4 members (excludes halogenated alkanes) is 1. The first kappa shape index (κ1) is 16.3. The Balaban J connectivity index is 2.09. The number of fused-ring (bicyclic) bond motifs is 1. The van der Waals surface area contributed by atoms with Crippen molar-refractivity contribution in [2.45, 2.75) is 19.8 Å². The molecule has 0 radical (unpaired) electrons. The zero-order valence-electron chi connectivity index (χ0n) is 11.8. The molecule has 0 fully saturated rings. The maximum atomic E-state index is 12.6. The van der Waals surface area contributed by atoms with E-state index in [4.69, 9.17) is 4.18 Å². The highest BCUT2D eigenvalue weighted by atomic mass is 79.9. The molecule has 0 spiro atoms. The largest absolute Gasteiger partial charge is 0.339 e. The number of H-pyrrole nitrogens is 1. The topological polar surface area (TPSA) is 58.2 Å². The van der Waals surface area contributed by atoms with E-state index in [0.29, 0.717) is 18.7 Å². The number of benzene rings is 1. The average Bonchev–Trinajstić information content (AvgIpc) is 2.88. The quantitative estimate of drug-likeness (QED) is 0.445. The number of amides is 1. The number of rotatable bonds is 7. The first-order valence-electron chi connectivity index (χ1n) is 6.86. The molecule has 1 aromatic carbocycles. The summed E-state index contributed by atoms with van der Waals surface area (Å²) in [7, 11) is 0. The van der Waals surface area contributed by atoms with E-state index in [2.05, 4.69) is 39.0 Å². The lowest BCUT2D eigenvalue weighted by Gasteiger charge is -2.20. The first-order chi connectivity index (χ1) is 10.2. The fourth-order valence-corrected chi connectivity index (χ4v) is 2.70. The molecule has 7 heteroatoms. The predicted octanol–water partition coefficient (Wildman–Crippen LogP) is 3.43. The highest BCUT2D eigenvalue weighted by molar-refractivity contribution is 9.10. The molecule has 114 valence electrons. The van der Waals surface area contributed by atoms with Gasteiger partial charge in [0.2, 0.25) is 0 Å². The molecule has 0 bridgehead atoms. The van der Waals surface area contributed by atoms with Crippen molar-refractivity contribution in [3.63, 3.8) is 0 Å². The van der Waals surface area contributed by atoms with Gasteiger partial charge >= 0.3 is 0 Å². The summed E-state index contributed by atoms with van der Waals surface area (Å²) in [6.45, 7) is 3.99. The molecule has 0 aliphatic carbocycles. The van der Waals surface area contributed by atoms with Crippen molar-refractivity contribution in [1.82, 2.24) is 15.1 Å². The molecule has 1 aromatic heterocycles. The van der Waals surface area contributed by atoms with E-state index in [9.17, 15) is 4.79 Å². The molecule has 5 nitrogen and oxygen atoms in total. The number of hydrogen-bond donors (Lipinski definition) is 2. The van der Waals surface area contributed by atoms with Crippen LogP contribution < -0.4 is 0 Å². The van der Waals surface area contributed by atoms with Crippen LogP contribution in [-0.2, 0) is 4.18 Å². The molecule has 2 rings (SSSR count). The molecule has 0 aliphatic rings. The molecule has 0 atom stereocenters. The lowest BCUT2D eigenvalue weighted by Crippen LogP contribution is -2.31. The summed E-state index contributed by atoms with van der Waals surface area (Å²) in [5, 5.41) is 7.91. The summed E-state index contributed by atoms with van der Waals surface area (Å²) in [5.41, 5.74) is 1.52. The summed E-state index contributed by atoms with van der Waals surface area (Å²) in [4.78, 5) is 14.4. The zero-order chi connectivity index (χ0) is 15.2. The maximum absolute atomic E-state index is 12.6. The molecule has 0 saturated heterocycles. The van der Waals surface area contributed by atoms with Gasteiger partial charge in [-0.1, -0.05) is 0 Å². The van der Waals surface area contributed by atoms with Crippen LogP contribution in [0.5, 0.6) is 0 Å². The second-order valence-corrected chi connectivity index (χ2v) is 5.75. The second kappa shape index (κ2) is 7.82. The predicted molar refractivity (Wildman–Crippen MR) is 89.5 cm³/mol. The van der Waals surface area contributed by atoms with Crippen LogP contribution in [-0.4, -0.2) is 40.7 Å². The number of aromatic amines is 1. The van der Waals surface area contributed by atoms with E-state index in [0.717, 1.165) is 34.9 Å². The smallest absolute Gasteiger partial charge is 0.253 e. The van der Waals surface area contributed by atoms with Crippen LogP contribution >= 0.6 is 28.8 Å². The highest BCUT2D eigenvalue weighted by Crippen LogP contribution is 2.22. The average molecular weight is 372 g/mol. The first-order valence-corrected chi connectivity index (χ1v) is 8.02. The highest BCUT2D eigenvalue weighted by Gasteiger charge is 2.15. The van der Waals surface area contributed by atoms with Gasteiger partial charge in [-0.05, 0) is 66.8 Å². The SMILES string of the molecule is CCN(CCCCOS)C(=O)c1ccc2n[nH]c(Br)c2c1. The Kier molecular flexibility index (Phi) is 6.08. The molecular weight excluding hydrogens is 354 g/mol. The number of thiol groups is 1. The lowest BCUT2D eigenvalue weighted by molar-refractivity contribution is 0.0760. The molecule has 1 heterocycles. The monoisotopic (exact) mass is 371 g/mol. The van der Waals surface area contributed by atoms with Crippen LogP contribution in [0.1, 0.15) is 30.1 Å². The van der Waals surface area contributed by atoms with E-state index >= 15 is 0 Å². The van der Waals surface area contributed by atoms with E-state index in [1.807, 2.05) is 30.0 Å². The normalized spacial score (nSPS) is 11.0. The lowest BCUT2D eigenvalue weighted by atomic mass is 10.1. The van der Waals surface area contributed by atoms with Gasteiger partial charge in [0, 0.05) is 24.0 Å². The van der Waals surface area contributed by atoms with Crippen molar-refractivity contribution < 1.29 is 8.98 Å². The van der Waals surface area contributed by atoms with Gasteiger partial charge in [0.25, 0.3) is 5.91 Å². The second-order valence-electron chi connectivity index (χ2n) is 4.69. The Morgan fingerprint density at radius 1 is 1.48 bits per heavy atom. The Morgan fingerprint density at radius 2 is 2.29 bits per heavy atom. The van der Waals surface area contributed by atoms with Crippen molar-refractivity contribution in [3.8, 4) is 0 Å². The Bertz CT molecular complexity index is 617. The van der Waals surface area contributed by atoms with Gasteiger partial charge in [0.1, 0.15) is 4.60 Å². The van der Waals surface area contributed by atoms with Gasteiger partial charge in [-0.3, -0.25) is 9.89 Å². The molecule has 1 N–H and O–H groups in total. The van der Waals surface area contributed by atoms with Crippen molar-refractivity contribution in [2.24, 2.45) is 0 Å². The number of hydrogen-bond acceptors (Lipinski definition) is 4. The summed E-state index contributed by atoms with van der Waals surface area (Å²) in [6, 6.07) is 5.54. The van der Waals surface area contributed by atoms with Crippen molar-refractivity contribution in [2.75, 3.05) is 19.7 Å². The molecule has 0 saturated carbocycles. The molecule has 21 heavy (non-hydrogen) atoms. The number of halogens is 1. The van der Waals surface area contributed by atoms with E-state index in [1.54, 1.807) is 0 Å². The van der Waals surface area contributed by atoms with E-state index in [1.165, 1.54) is 0 Å². The standard InChI is InChI=1S/C14H18BrN3O2S/c1-2-18(7-3-4-8-20-21)14(19)10-5-6-12-11(9-10)13(15)17-16-12/h5-6,9,21H,2-4,7-8H2,1H3,(H,16,17).